The minimum Gasteiger partial charge on any atom is -0.338 e. The highest BCUT2D eigenvalue weighted by atomic mass is 35.5. The van der Waals surface area contributed by atoms with Gasteiger partial charge in [-0.1, -0.05) is 47.1 Å². The molecule has 0 saturated carbocycles. The lowest BCUT2D eigenvalue weighted by Gasteiger charge is -2.21. The molecule has 3 heterocycles. The normalized spacial score (nSPS) is 15.7. The Bertz CT molecular complexity index is 1510. The predicted octanol–water partition coefficient (Wildman–Crippen LogP) is 6.32. The number of nitrogens with one attached hydrogen (secondary N) is 2. The monoisotopic (exact) mass is 596 g/mol. The average Bonchev–Trinajstić information content (AvgIpc) is 3.19. The Morgan fingerprint density at radius 1 is 0.974 bits per heavy atom. The number of alkyl halides is 3. The molecule has 7 nitrogen and oxygen atoms in total. The van der Waals surface area contributed by atoms with E-state index in [0.29, 0.717) is 18.8 Å². The number of rotatable bonds is 4. The number of carbonyl (C=O) groups excluding carboxylic acids is 2. The Balaban J connectivity index is 1.48. The van der Waals surface area contributed by atoms with Crippen molar-refractivity contribution < 1.29 is 22.8 Å². The summed E-state index contributed by atoms with van der Waals surface area (Å²) >= 11 is 13.2. The Hall–Kier alpha value is -3.15. The van der Waals surface area contributed by atoms with Gasteiger partial charge in [-0.05, 0) is 54.3 Å². The number of urea groups is 1. The minimum atomic E-state index is -4.85. The number of aromatic nitrogens is 1. The van der Waals surface area contributed by atoms with Gasteiger partial charge in [0.1, 0.15) is 11.3 Å². The third-order valence-corrected chi connectivity index (χ3v) is 8.53. The Morgan fingerprint density at radius 3 is 2.41 bits per heavy atom. The first-order chi connectivity index (χ1) is 18.5. The van der Waals surface area contributed by atoms with Gasteiger partial charge < -0.3 is 15.2 Å². The molecule has 2 aliphatic heterocycles. The van der Waals surface area contributed by atoms with Crippen LogP contribution in [-0.2, 0) is 19.3 Å². The molecule has 3 aromatic rings. The van der Waals surface area contributed by atoms with Crippen LogP contribution in [0.2, 0.25) is 10.0 Å². The van der Waals surface area contributed by atoms with Gasteiger partial charge in [0.05, 0.1) is 10.0 Å². The highest BCUT2D eigenvalue weighted by molar-refractivity contribution is 7.99. The van der Waals surface area contributed by atoms with Crippen molar-refractivity contribution in [2.45, 2.75) is 41.9 Å². The number of hydrogen-bond acceptors (Lipinski definition) is 4. The van der Waals surface area contributed by atoms with Gasteiger partial charge >= 0.3 is 12.2 Å². The second kappa shape index (κ2) is 10.8. The number of amides is 3. The molecule has 5 rings (SSSR count). The number of anilines is 1. The summed E-state index contributed by atoms with van der Waals surface area (Å²) in [7, 11) is 0. The first kappa shape index (κ1) is 27.4. The van der Waals surface area contributed by atoms with Crippen molar-refractivity contribution in [2.75, 3.05) is 18.0 Å². The van der Waals surface area contributed by atoms with Crippen LogP contribution in [0.15, 0.2) is 57.1 Å². The number of fused-ring (bicyclic) bond motifs is 1. The highest BCUT2D eigenvalue weighted by Gasteiger charge is 2.36. The Labute approximate surface area is 235 Å². The molecule has 0 radical (unpaired) electrons. The number of pyridine rings is 1. The van der Waals surface area contributed by atoms with E-state index in [4.69, 9.17) is 23.2 Å². The van der Waals surface area contributed by atoms with E-state index in [-0.39, 0.29) is 39.0 Å². The van der Waals surface area contributed by atoms with Crippen molar-refractivity contribution in [3.05, 3.63) is 85.2 Å². The fraction of sp³-hybridized carbons (Fsp3) is 0.269. The summed E-state index contributed by atoms with van der Waals surface area (Å²) in [5, 5.41) is 3.18. The van der Waals surface area contributed by atoms with E-state index in [0.717, 1.165) is 41.8 Å². The molecule has 0 unspecified atom stereocenters. The van der Waals surface area contributed by atoms with Crippen molar-refractivity contribution in [3.8, 4) is 0 Å². The maximum Gasteiger partial charge on any atom is 0.431 e. The first-order valence-corrected chi connectivity index (χ1v) is 13.5. The Kier molecular flexibility index (Phi) is 7.58. The molecule has 2 aliphatic rings. The summed E-state index contributed by atoms with van der Waals surface area (Å²) in [6.07, 6.45) is -3.13. The third kappa shape index (κ3) is 5.61. The summed E-state index contributed by atoms with van der Waals surface area (Å²) < 4.78 is 40.6. The number of nitrogens with zero attached hydrogens (tertiary/aromatic N) is 2. The molecule has 3 amide bonds. The molecule has 0 bridgehead atoms. The van der Waals surface area contributed by atoms with Crippen LogP contribution in [0.25, 0.3) is 0 Å². The second-order valence-corrected chi connectivity index (χ2v) is 11.0. The van der Waals surface area contributed by atoms with Crippen LogP contribution in [0, 0.1) is 0 Å². The molecule has 1 saturated heterocycles. The van der Waals surface area contributed by atoms with E-state index in [9.17, 15) is 27.6 Å². The number of carbonyl (C=O) groups is 2. The maximum atomic E-state index is 13.6. The van der Waals surface area contributed by atoms with Gasteiger partial charge in [-0.15, -0.1) is 0 Å². The van der Waals surface area contributed by atoms with Crippen molar-refractivity contribution >= 4 is 52.6 Å². The van der Waals surface area contributed by atoms with Crippen LogP contribution < -0.4 is 15.8 Å². The SMILES string of the molecule is O=C(c1c(Sc2c(Cl)cccc2Cl)cc(C(F)(F)F)[nH]c1=O)N1Cc2ccc(N3CCCCNC3=O)cc2C1. The smallest absolute Gasteiger partial charge is 0.338 e. The third-order valence-electron chi connectivity index (χ3n) is 6.49. The summed E-state index contributed by atoms with van der Waals surface area (Å²) in [6, 6.07) is 10.5. The molecule has 0 spiro atoms. The van der Waals surface area contributed by atoms with Crippen LogP contribution in [0.3, 0.4) is 0 Å². The van der Waals surface area contributed by atoms with Crippen molar-refractivity contribution in [3.63, 3.8) is 0 Å². The van der Waals surface area contributed by atoms with Gasteiger partial charge in [-0.25, -0.2) is 4.79 Å². The topological polar surface area (TPSA) is 85.5 Å². The van der Waals surface area contributed by atoms with Crippen molar-refractivity contribution in [1.29, 1.82) is 0 Å². The standard InChI is InChI=1S/C26H21Cl2F3N4O3S/c27-17-4-3-5-18(28)22(17)39-19-11-20(26(29,30)31)33-23(36)21(19)24(37)34-12-14-6-7-16(10-15(14)13-34)35-9-2-1-8-32-25(35)38/h3-7,10-11H,1-2,8-9,12-13H2,(H,32,38)(H,33,36). The lowest BCUT2D eigenvalue weighted by atomic mass is 10.1. The molecule has 2 N–H and O–H groups in total. The van der Waals surface area contributed by atoms with E-state index in [2.05, 4.69) is 5.32 Å². The molecule has 0 atom stereocenters. The fourth-order valence-corrected chi connectivity index (χ4v) is 6.18. The van der Waals surface area contributed by atoms with Gasteiger partial charge in [-0.3, -0.25) is 14.5 Å². The van der Waals surface area contributed by atoms with E-state index in [1.165, 1.54) is 17.0 Å². The van der Waals surface area contributed by atoms with E-state index < -0.39 is 28.9 Å². The number of aromatic amines is 1. The lowest BCUT2D eigenvalue weighted by molar-refractivity contribution is -0.141. The fourth-order valence-electron chi connectivity index (χ4n) is 4.55. The zero-order chi connectivity index (χ0) is 27.9. The minimum absolute atomic E-state index is 0.120. The largest absolute Gasteiger partial charge is 0.431 e. The van der Waals surface area contributed by atoms with Crippen LogP contribution in [0.4, 0.5) is 23.7 Å². The number of H-pyrrole nitrogens is 1. The first-order valence-electron chi connectivity index (χ1n) is 12.0. The van der Waals surface area contributed by atoms with Crippen LogP contribution in [0.5, 0.6) is 0 Å². The maximum absolute atomic E-state index is 13.6. The average molecular weight is 597 g/mol. The van der Waals surface area contributed by atoms with Crippen molar-refractivity contribution in [1.82, 2.24) is 15.2 Å². The molecular weight excluding hydrogens is 576 g/mol. The lowest BCUT2D eigenvalue weighted by Crippen LogP contribution is -2.38. The second-order valence-electron chi connectivity index (χ2n) is 9.11. The number of benzene rings is 2. The Morgan fingerprint density at radius 2 is 1.69 bits per heavy atom. The molecule has 0 aliphatic carbocycles. The van der Waals surface area contributed by atoms with E-state index in [1.807, 2.05) is 12.1 Å². The van der Waals surface area contributed by atoms with Gasteiger partial charge in [0.25, 0.3) is 11.5 Å². The summed E-state index contributed by atoms with van der Waals surface area (Å²) in [6.45, 7) is 1.43. The molecule has 39 heavy (non-hydrogen) atoms. The van der Waals surface area contributed by atoms with Gasteiger partial charge in [-0.2, -0.15) is 13.2 Å². The zero-order valence-electron chi connectivity index (χ0n) is 20.2. The number of hydrogen-bond donors (Lipinski definition) is 2. The summed E-state index contributed by atoms with van der Waals surface area (Å²) in [5.74, 6) is -0.735. The van der Waals surface area contributed by atoms with Gasteiger partial charge in [0, 0.05) is 41.7 Å². The molecule has 1 fully saturated rings. The van der Waals surface area contributed by atoms with E-state index >= 15 is 0 Å². The molecular formula is C26H21Cl2F3N4O3S. The van der Waals surface area contributed by atoms with Crippen LogP contribution in [-0.4, -0.2) is 34.9 Å². The number of halogens is 5. The van der Waals surface area contributed by atoms with Gasteiger partial charge in [0.15, 0.2) is 0 Å². The summed E-state index contributed by atoms with van der Waals surface area (Å²) in [4.78, 5) is 43.8. The molecule has 13 heteroatoms. The zero-order valence-corrected chi connectivity index (χ0v) is 22.5. The molecule has 2 aromatic carbocycles. The van der Waals surface area contributed by atoms with Gasteiger partial charge in [0.2, 0.25) is 0 Å². The quantitative estimate of drug-likeness (QED) is 0.369. The molecule has 1 aromatic heterocycles. The van der Waals surface area contributed by atoms with Crippen molar-refractivity contribution in [2.24, 2.45) is 0 Å². The van der Waals surface area contributed by atoms with E-state index in [1.54, 1.807) is 22.0 Å². The summed E-state index contributed by atoms with van der Waals surface area (Å²) in [5.41, 5.74) is -0.625. The predicted molar refractivity (Wildman–Crippen MR) is 143 cm³/mol. The van der Waals surface area contributed by atoms with Crippen LogP contribution >= 0.6 is 35.0 Å². The highest BCUT2D eigenvalue weighted by Crippen LogP contribution is 2.41. The van der Waals surface area contributed by atoms with Crippen LogP contribution in [0.1, 0.15) is 40.0 Å². The molecule has 204 valence electrons.